The molecule has 0 amide bonds. The SMILES string of the molecule is Brc1cc2cc(-c3ccccc3)c3ccccc3c2c2ccccc12. The van der Waals surface area contributed by atoms with Crippen molar-refractivity contribution in [1.82, 2.24) is 0 Å². The minimum atomic E-state index is 1.14. The van der Waals surface area contributed by atoms with Gasteiger partial charge < -0.3 is 0 Å². The standard InChI is InChI=1S/C24H15Br/c25-23-15-17-14-22(16-8-2-1-3-9-16)18-10-4-6-12-20(18)24(17)21-13-7-5-11-19(21)23/h1-15H. The molecule has 0 aliphatic heterocycles. The third-order valence-electron chi connectivity index (χ3n) is 4.90. The quantitative estimate of drug-likeness (QED) is 0.262. The molecule has 0 unspecified atom stereocenters. The molecule has 0 N–H and O–H groups in total. The molecule has 0 bridgehead atoms. The topological polar surface area (TPSA) is 0 Å². The van der Waals surface area contributed by atoms with Gasteiger partial charge in [0.25, 0.3) is 0 Å². The van der Waals surface area contributed by atoms with Crippen molar-refractivity contribution in [3.05, 3.63) is 95.5 Å². The Morgan fingerprint density at radius 2 is 1.08 bits per heavy atom. The van der Waals surface area contributed by atoms with Gasteiger partial charge in [-0.3, -0.25) is 0 Å². The summed E-state index contributed by atoms with van der Waals surface area (Å²) in [6.07, 6.45) is 0. The van der Waals surface area contributed by atoms with E-state index in [1.165, 1.54) is 43.4 Å². The summed E-state index contributed by atoms with van der Waals surface area (Å²) in [7, 11) is 0. The fraction of sp³-hybridized carbons (Fsp3) is 0. The number of fused-ring (bicyclic) bond motifs is 5. The molecule has 0 aliphatic carbocycles. The highest BCUT2D eigenvalue weighted by Crippen LogP contribution is 2.40. The van der Waals surface area contributed by atoms with Gasteiger partial charge in [-0.25, -0.2) is 0 Å². The van der Waals surface area contributed by atoms with Crippen LogP contribution in [0.15, 0.2) is 95.5 Å². The highest BCUT2D eigenvalue weighted by Gasteiger charge is 2.12. The second-order valence-electron chi connectivity index (χ2n) is 6.34. The van der Waals surface area contributed by atoms with Gasteiger partial charge in [0.1, 0.15) is 0 Å². The van der Waals surface area contributed by atoms with Crippen LogP contribution in [0.4, 0.5) is 0 Å². The van der Waals surface area contributed by atoms with Gasteiger partial charge in [0.2, 0.25) is 0 Å². The average Bonchev–Trinajstić information content (AvgIpc) is 2.68. The predicted octanol–water partition coefficient (Wildman–Crippen LogP) is 7.58. The van der Waals surface area contributed by atoms with Crippen molar-refractivity contribution >= 4 is 48.2 Å². The molecule has 5 rings (SSSR count). The maximum absolute atomic E-state index is 3.76. The fourth-order valence-electron chi connectivity index (χ4n) is 3.79. The molecule has 0 fully saturated rings. The van der Waals surface area contributed by atoms with E-state index in [2.05, 4.69) is 107 Å². The summed E-state index contributed by atoms with van der Waals surface area (Å²) < 4.78 is 1.14. The molecular weight excluding hydrogens is 368 g/mol. The van der Waals surface area contributed by atoms with E-state index in [4.69, 9.17) is 0 Å². The number of hydrogen-bond donors (Lipinski definition) is 0. The second kappa shape index (κ2) is 5.72. The lowest BCUT2D eigenvalue weighted by Crippen LogP contribution is -1.86. The first-order valence-electron chi connectivity index (χ1n) is 8.41. The lowest BCUT2D eigenvalue weighted by Gasteiger charge is -2.14. The molecule has 5 aromatic rings. The van der Waals surface area contributed by atoms with E-state index in [0.29, 0.717) is 0 Å². The van der Waals surface area contributed by atoms with Gasteiger partial charge in [0.15, 0.2) is 0 Å². The molecule has 0 saturated carbocycles. The maximum atomic E-state index is 3.76. The van der Waals surface area contributed by atoms with Crippen LogP contribution < -0.4 is 0 Å². The van der Waals surface area contributed by atoms with E-state index in [1.54, 1.807) is 0 Å². The van der Waals surface area contributed by atoms with Crippen molar-refractivity contribution in [1.29, 1.82) is 0 Å². The Labute approximate surface area is 154 Å². The third kappa shape index (κ3) is 2.27. The number of benzene rings is 5. The molecule has 25 heavy (non-hydrogen) atoms. The predicted molar refractivity (Wildman–Crippen MR) is 112 cm³/mol. The number of rotatable bonds is 1. The molecular formula is C24H15Br. The van der Waals surface area contributed by atoms with Crippen LogP contribution in [0.25, 0.3) is 43.4 Å². The minimum Gasteiger partial charge on any atom is -0.0622 e. The lowest BCUT2D eigenvalue weighted by molar-refractivity contribution is 1.67. The Morgan fingerprint density at radius 3 is 1.80 bits per heavy atom. The smallest absolute Gasteiger partial charge is 0.0260 e. The van der Waals surface area contributed by atoms with E-state index in [0.717, 1.165) is 4.47 Å². The van der Waals surface area contributed by atoms with Crippen LogP contribution in [0.1, 0.15) is 0 Å². The molecule has 0 spiro atoms. The van der Waals surface area contributed by atoms with Gasteiger partial charge >= 0.3 is 0 Å². The van der Waals surface area contributed by atoms with Gasteiger partial charge in [-0.2, -0.15) is 0 Å². The Bertz CT molecular complexity index is 1240. The molecule has 1 heteroatoms. The zero-order valence-corrected chi connectivity index (χ0v) is 15.1. The Balaban J connectivity index is 2.04. The highest BCUT2D eigenvalue weighted by molar-refractivity contribution is 9.10. The summed E-state index contributed by atoms with van der Waals surface area (Å²) in [5.74, 6) is 0. The summed E-state index contributed by atoms with van der Waals surface area (Å²) in [5, 5.41) is 7.75. The zero-order valence-electron chi connectivity index (χ0n) is 13.5. The summed E-state index contributed by atoms with van der Waals surface area (Å²) in [5.41, 5.74) is 2.54. The first kappa shape index (κ1) is 14.7. The van der Waals surface area contributed by atoms with Crippen LogP contribution in [0.2, 0.25) is 0 Å². The number of hydrogen-bond acceptors (Lipinski definition) is 0. The van der Waals surface area contributed by atoms with Crippen LogP contribution >= 0.6 is 15.9 Å². The Hall–Kier alpha value is -2.64. The largest absolute Gasteiger partial charge is 0.0622 e. The highest BCUT2D eigenvalue weighted by atomic mass is 79.9. The first-order chi connectivity index (χ1) is 12.3. The summed E-state index contributed by atoms with van der Waals surface area (Å²) >= 11 is 3.76. The maximum Gasteiger partial charge on any atom is 0.0260 e. The molecule has 5 aromatic carbocycles. The summed E-state index contributed by atoms with van der Waals surface area (Å²) in [4.78, 5) is 0. The van der Waals surface area contributed by atoms with E-state index < -0.39 is 0 Å². The van der Waals surface area contributed by atoms with Crippen molar-refractivity contribution in [2.45, 2.75) is 0 Å². The van der Waals surface area contributed by atoms with E-state index in [1.807, 2.05) is 0 Å². The minimum absolute atomic E-state index is 1.14. The van der Waals surface area contributed by atoms with Gasteiger partial charge in [-0.15, -0.1) is 0 Å². The summed E-state index contributed by atoms with van der Waals surface area (Å²) in [6.45, 7) is 0. The summed E-state index contributed by atoms with van der Waals surface area (Å²) in [6, 6.07) is 32.6. The lowest BCUT2D eigenvalue weighted by atomic mass is 9.91. The average molecular weight is 383 g/mol. The fourth-order valence-corrected chi connectivity index (χ4v) is 4.38. The van der Waals surface area contributed by atoms with Crippen LogP contribution in [-0.4, -0.2) is 0 Å². The van der Waals surface area contributed by atoms with Gasteiger partial charge in [0, 0.05) is 4.47 Å². The third-order valence-corrected chi connectivity index (χ3v) is 5.55. The van der Waals surface area contributed by atoms with Crippen molar-refractivity contribution in [2.75, 3.05) is 0 Å². The number of halogens is 1. The van der Waals surface area contributed by atoms with Gasteiger partial charge in [-0.05, 0) is 55.6 Å². The zero-order chi connectivity index (χ0) is 16.8. The van der Waals surface area contributed by atoms with Crippen LogP contribution in [0.3, 0.4) is 0 Å². The van der Waals surface area contributed by atoms with Gasteiger partial charge in [0.05, 0.1) is 0 Å². The van der Waals surface area contributed by atoms with Gasteiger partial charge in [-0.1, -0.05) is 94.8 Å². The van der Waals surface area contributed by atoms with Crippen molar-refractivity contribution in [3.63, 3.8) is 0 Å². The van der Waals surface area contributed by atoms with Crippen molar-refractivity contribution in [2.24, 2.45) is 0 Å². The van der Waals surface area contributed by atoms with Crippen LogP contribution in [0.5, 0.6) is 0 Å². The molecule has 0 nitrogen and oxygen atoms in total. The van der Waals surface area contributed by atoms with Crippen molar-refractivity contribution < 1.29 is 0 Å². The van der Waals surface area contributed by atoms with E-state index in [9.17, 15) is 0 Å². The molecule has 0 aromatic heterocycles. The van der Waals surface area contributed by atoms with E-state index >= 15 is 0 Å². The molecule has 118 valence electrons. The monoisotopic (exact) mass is 382 g/mol. The first-order valence-corrected chi connectivity index (χ1v) is 9.20. The Morgan fingerprint density at radius 1 is 0.520 bits per heavy atom. The molecule has 0 radical (unpaired) electrons. The Kier molecular flexibility index (Phi) is 3.36. The normalized spacial score (nSPS) is 11.4. The second-order valence-corrected chi connectivity index (χ2v) is 7.19. The molecule has 0 saturated heterocycles. The molecule has 0 atom stereocenters. The van der Waals surface area contributed by atoms with Crippen LogP contribution in [0, 0.1) is 0 Å². The van der Waals surface area contributed by atoms with E-state index in [-0.39, 0.29) is 0 Å². The molecule has 0 heterocycles. The van der Waals surface area contributed by atoms with Crippen LogP contribution in [-0.2, 0) is 0 Å². The molecule has 0 aliphatic rings. The van der Waals surface area contributed by atoms with Crippen molar-refractivity contribution in [3.8, 4) is 11.1 Å².